The van der Waals surface area contributed by atoms with Crippen LogP contribution in [0.5, 0.6) is 0 Å². The molecule has 0 bridgehead atoms. The van der Waals surface area contributed by atoms with Gasteiger partial charge in [-0.3, -0.25) is 0 Å². The van der Waals surface area contributed by atoms with E-state index in [1.807, 2.05) is 13.8 Å². The van der Waals surface area contributed by atoms with Gasteiger partial charge in [-0.05, 0) is 40.0 Å². The standard InChI is InChI=1S/C14H25NO4/c1-9(2)10(3)8-11(12(16)18-7)15-13(17)19-14(4,5)6/h10-11H,1,8H2,2-7H3,(H,15,17)/t10-,11-/m1/s1. The summed E-state index contributed by atoms with van der Waals surface area (Å²) in [4.78, 5) is 23.3. The number of esters is 1. The van der Waals surface area contributed by atoms with E-state index in [4.69, 9.17) is 4.74 Å². The number of ether oxygens (including phenoxy) is 2. The van der Waals surface area contributed by atoms with Crippen LogP contribution in [0.3, 0.4) is 0 Å². The van der Waals surface area contributed by atoms with Crippen LogP contribution >= 0.6 is 0 Å². The fourth-order valence-electron chi connectivity index (χ4n) is 1.36. The predicted molar refractivity (Wildman–Crippen MR) is 73.8 cm³/mol. The molecule has 1 amide bonds. The van der Waals surface area contributed by atoms with Gasteiger partial charge in [0.05, 0.1) is 7.11 Å². The molecule has 0 aliphatic rings. The minimum atomic E-state index is -0.730. The number of amides is 1. The second-order valence-electron chi connectivity index (χ2n) is 5.71. The lowest BCUT2D eigenvalue weighted by atomic mass is 9.96. The van der Waals surface area contributed by atoms with Crippen LogP contribution in [0.25, 0.3) is 0 Å². The van der Waals surface area contributed by atoms with Gasteiger partial charge in [-0.2, -0.15) is 0 Å². The van der Waals surface area contributed by atoms with Crippen molar-refractivity contribution in [3.8, 4) is 0 Å². The number of hydrogen-bond acceptors (Lipinski definition) is 4. The van der Waals surface area contributed by atoms with Gasteiger partial charge >= 0.3 is 12.1 Å². The molecule has 0 aliphatic carbocycles. The van der Waals surface area contributed by atoms with E-state index in [1.165, 1.54) is 7.11 Å². The molecule has 5 nitrogen and oxygen atoms in total. The van der Waals surface area contributed by atoms with Crippen LogP contribution in [0.15, 0.2) is 12.2 Å². The molecule has 0 aromatic heterocycles. The third-order valence-corrected chi connectivity index (χ3v) is 2.61. The number of alkyl carbamates (subject to hydrolysis) is 1. The first-order valence-electron chi connectivity index (χ1n) is 6.29. The normalized spacial score (nSPS) is 14.2. The van der Waals surface area contributed by atoms with Crippen LogP contribution in [-0.2, 0) is 14.3 Å². The Labute approximate surface area is 115 Å². The fraction of sp³-hybridized carbons (Fsp3) is 0.714. The van der Waals surface area contributed by atoms with Gasteiger partial charge in [0, 0.05) is 0 Å². The van der Waals surface area contributed by atoms with E-state index in [0.717, 1.165) is 5.57 Å². The van der Waals surface area contributed by atoms with E-state index in [1.54, 1.807) is 20.8 Å². The number of methoxy groups -OCH3 is 1. The maximum Gasteiger partial charge on any atom is 0.408 e. The predicted octanol–water partition coefficient (Wildman–Crippen LogP) is 2.66. The maximum absolute atomic E-state index is 11.7. The third-order valence-electron chi connectivity index (χ3n) is 2.61. The van der Waals surface area contributed by atoms with Crippen molar-refractivity contribution in [2.45, 2.75) is 52.7 Å². The first kappa shape index (κ1) is 17.5. The van der Waals surface area contributed by atoms with Crippen molar-refractivity contribution in [2.75, 3.05) is 7.11 Å². The smallest absolute Gasteiger partial charge is 0.408 e. The molecule has 0 heterocycles. The molecule has 0 aromatic rings. The summed E-state index contributed by atoms with van der Waals surface area (Å²) in [6.45, 7) is 12.9. The van der Waals surface area contributed by atoms with Gasteiger partial charge in [-0.25, -0.2) is 9.59 Å². The van der Waals surface area contributed by atoms with Gasteiger partial charge in [0.25, 0.3) is 0 Å². The Hall–Kier alpha value is -1.52. The monoisotopic (exact) mass is 271 g/mol. The lowest BCUT2D eigenvalue weighted by Crippen LogP contribution is -2.44. The molecular formula is C14H25NO4. The minimum Gasteiger partial charge on any atom is -0.467 e. The van der Waals surface area contributed by atoms with Crippen molar-refractivity contribution in [3.63, 3.8) is 0 Å². The van der Waals surface area contributed by atoms with Crippen LogP contribution in [0.2, 0.25) is 0 Å². The molecule has 0 fully saturated rings. The highest BCUT2D eigenvalue weighted by Gasteiger charge is 2.26. The summed E-state index contributed by atoms with van der Waals surface area (Å²) in [5.41, 5.74) is 0.338. The molecule has 0 spiro atoms. The second-order valence-corrected chi connectivity index (χ2v) is 5.71. The highest BCUT2D eigenvalue weighted by Crippen LogP contribution is 2.15. The highest BCUT2D eigenvalue weighted by atomic mass is 16.6. The second kappa shape index (κ2) is 7.16. The molecule has 0 rings (SSSR count). The summed E-state index contributed by atoms with van der Waals surface area (Å²) in [6, 6.07) is -0.730. The van der Waals surface area contributed by atoms with Crippen LogP contribution in [-0.4, -0.2) is 30.8 Å². The van der Waals surface area contributed by atoms with E-state index in [9.17, 15) is 9.59 Å². The van der Waals surface area contributed by atoms with Gasteiger partial charge < -0.3 is 14.8 Å². The molecular weight excluding hydrogens is 246 g/mol. The maximum atomic E-state index is 11.7. The quantitative estimate of drug-likeness (QED) is 0.616. The van der Waals surface area contributed by atoms with E-state index in [2.05, 4.69) is 16.6 Å². The molecule has 0 aromatic carbocycles. The Bertz CT molecular complexity index is 344. The average Bonchev–Trinajstić information content (AvgIpc) is 2.24. The Morgan fingerprint density at radius 2 is 1.84 bits per heavy atom. The average molecular weight is 271 g/mol. The molecule has 0 saturated carbocycles. The van der Waals surface area contributed by atoms with Gasteiger partial charge in [-0.15, -0.1) is 0 Å². The van der Waals surface area contributed by atoms with Crippen LogP contribution < -0.4 is 5.32 Å². The van der Waals surface area contributed by atoms with Gasteiger partial charge in [0.2, 0.25) is 0 Å². The largest absolute Gasteiger partial charge is 0.467 e. The number of rotatable bonds is 5. The SMILES string of the molecule is C=C(C)[C@H](C)C[C@@H](NC(=O)OC(C)(C)C)C(=O)OC. The number of allylic oxidation sites excluding steroid dienone is 1. The Kier molecular flexibility index (Phi) is 6.59. The summed E-state index contributed by atoms with van der Waals surface area (Å²) in [5.74, 6) is -0.391. The zero-order valence-corrected chi connectivity index (χ0v) is 12.7. The van der Waals surface area contributed by atoms with Gasteiger partial charge in [-0.1, -0.05) is 19.1 Å². The lowest BCUT2D eigenvalue weighted by Gasteiger charge is -2.24. The zero-order chi connectivity index (χ0) is 15.2. The zero-order valence-electron chi connectivity index (χ0n) is 12.7. The first-order valence-corrected chi connectivity index (χ1v) is 6.29. The van der Waals surface area contributed by atoms with Crippen LogP contribution in [0.1, 0.15) is 41.0 Å². The molecule has 1 N–H and O–H groups in total. The van der Waals surface area contributed by atoms with Gasteiger partial charge in [0.1, 0.15) is 11.6 Å². The molecule has 0 saturated heterocycles. The van der Waals surface area contributed by atoms with Crippen molar-refractivity contribution in [1.82, 2.24) is 5.32 Å². The Balaban J connectivity index is 4.65. The number of carbonyl (C=O) groups is 2. The molecule has 5 heteroatoms. The number of nitrogens with one attached hydrogen (secondary N) is 1. The van der Waals surface area contributed by atoms with E-state index < -0.39 is 23.7 Å². The first-order chi connectivity index (χ1) is 8.56. The van der Waals surface area contributed by atoms with Crippen molar-refractivity contribution < 1.29 is 19.1 Å². The minimum absolute atomic E-state index is 0.0963. The summed E-state index contributed by atoms with van der Waals surface area (Å²) in [7, 11) is 1.29. The highest BCUT2D eigenvalue weighted by molar-refractivity contribution is 5.81. The lowest BCUT2D eigenvalue weighted by molar-refractivity contribution is -0.143. The van der Waals surface area contributed by atoms with E-state index in [-0.39, 0.29) is 5.92 Å². The fourth-order valence-corrected chi connectivity index (χ4v) is 1.36. The van der Waals surface area contributed by atoms with E-state index in [0.29, 0.717) is 6.42 Å². The van der Waals surface area contributed by atoms with Crippen LogP contribution in [0.4, 0.5) is 4.79 Å². The molecule has 2 atom stereocenters. The van der Waals surface area contributed by atoms with Crippen LogP contribution in [0, 0.1) is 5.92 Å². The number of hydrogen-bond donors (Lipinski definition) is 1. The molecule has 0 aliphatic heterocycles. The molecule has 0 radical (unpaired) electrons. The van der Waals surface area contributed by atoms with Crippen molar-refractivity contribution in [3.05, 3.63) is 12.2 Å². The summed E-state index contributed by atoms with van der Waals surface area (Å²) in [6.07, 6.45) is -0.196. The Morgan fingerprint density at radius 1 is 1.32 bits per heavy atom. The molecule has 110 valence electrons. The molecule has 0 unspecified atom stereocenters. The topological polar surface area (TPSA) is 64.6 Å². The number of carbonyl (C=O) groups excluding carboxylic acids is 2. The third kappa shape index (κ3) is 7.49. The summed E-state index contributed by atoms with van der Waals surface area (Å²) >= 11 is 0. The van der Waals surface area contributed by atoms with Crippen molar-refractivity contribution in [1.29, 1.82) is 0 Å². The molecule has 19 heavy (non-hydrogen) atoms. The Morgan fingerprint density at radius 3 is 2.21 bits per heavy atom. The van der Waals surface area contributed by atoms with E-state index >= 15 is 0 Å². The van der Waals surface area contributed by atoms with Gasteiger partial charge in [0.15, 0.2) is 0 Å². The summed E-state index contributed by atoms with van der Waals surface area (Å²) in [5, 5.41) is 2.53. The van der Waals surface area contributed by atoms with Crippen molar-refractivity contribution >= 4 is 12.1 Å². The summed E-state index contributed by atoms with van der Waals surface area (Å²) < 4.78 is 9.81. The van der Waals surface area contributed by atoms with Crippen molar-refractivity contribution in [2.24, 2.45) is 5.92 Å².